The van der Waals surface area contributed by atoms with Gasteiger partial charge in [0.05, 0.1) is 24.9 Å². The van der Waals surface area contributed by atoms with Gasteiger partial charge in [-0.3, -0.25) is 9.58 Å². The third-order valence-corrected chi connectivity index (χ3v) is 6.36. The quantitative estimate of drug-likeness (QED) is 0.797. The minimum Gasteiger partial charge on any atom is -0.402 e. The van der Waals surface area contributed by atoms with Gasteiger partial charge in [0.1, 0.15) is 0 Å². The normalized spacial score (nSPS) is 26.7. The van der Waals surface area contributed by atoms with Gasteiger partial charge >= 0.3 is 6.36 Å². The second-order valence-electron chi connectivity index (χ2n) is 8.65. The van der Waals surface area contributed by atoms with Crippen molar-refractivity contribution in [2.24, 2.45) is 11.8 Å². The predicted octanol–water partition coefficient (Wildman–Crippen LogP) is 3.05. The molecule has 1 saturated carbocycles. The number of likely N-dealkylation sites (tertiary alicyclic amines) is 1. The largest absolute Gasteiger partial charge is 0.573 e. The molecule has 162 valence electrons. The number of hydrogen-bond acceptors (Lipinski definition) is 6. The maximum atomic E-state index is 12.7. The summed E-state index contributed by atoms with van der Waals surface area (Å²) < 4.78 is 49.3. The van der Waals surface area contributed by atoms with Gasteiger partial charge in [-0.15, -0.1) is 13.2 Å². The van der Waals surface area contributed by atoms with Crippen LogP contribution in [0.15, 0.2) is 18.3 Å². The second kappa shape index (κ2) is 6.84. The van der Waals surface area contributed by atoms with Gasteiger partial charge in [0.2, 0.25) is 0 Å². The molecule has 2 aromatic heterocycles. The van der Waals surface area contributed by atoms with E-state index in [0.29, 0.717) is 35.1 Å². The zero-order chi connectivity index (χ0) is 21.2. The van der Waals surface area contributed by atoms with Gasteiger partial charge in [0, 0.05) is 42.5 Å². The Bertz CT molecular complexity index is 944. The van der Waals surface area contributed by atoms with Crippen LogP contribution in [0.4, 0.5) is 19.0 Å². The average Bonchev–Trinajstić information content (AvgIpc) is 2.97. The molecule has 2 aromatic rings. The highest BCUT2D eigenvalue weighted by Crippen LogP contribution is 2.59. The Labute approximate surface area is 172 Å². The van der Waals surface area contributed by atoms with Gasteiger partial charge in [-0.05, 0) is 37.8 Å². The van der Waals surface area contributed by atoms with Crippen molar-refractivity contribution in [3.05, 3.63) is 24.0 Å². The van der Waals surface area contributed by atoms with E-state index in [9.17, 15) is 13.2 Å². The lowest BCUT2D eigenvalue weighted by Gasteiger charge is -2.35. The third kappa shape index (κ3) is 3.41. The maximum absolute atomic E-state index is 12.7. The molecule has 3 aliphatic rings. The number of aromatic nitrogens is 3. The first-order valence-corrected chi connectivity index (χ1v) is 10.1. The predicted molar refractivity (Wildman–Crippen MR) is 103 cm³/mol. The molecule has 5 rings (SSSR count). The second-order valence-corrected chi connectivity index (χ2v) is 8.65. The van der Waals surface area contributed by atoms with Gasteiger partial charge in [-0.1, -0.05) is 0 Å². The highest BCUT2D eigenvalue weighted by Gasteiger charge is 2.58. The summed E-state index contributed by atoms with van der Waals surface area (Å²) in [7, 11) is 0. The minimum absolute atomic E-state index is 0.138. The van der Waals surface area contributed by atoms with Gasteiger partial charge in [-0.2, -0.15) is 5.10 Å². The number of alkyl halides is 3. The van der Waals surface area contributed by atoms with Crippen molar-refractivity contribution in [1.29, 1.82) is 0 Å². The Kier molecular flexibility index (Phi) is 4.48. The topological polar surface area (TPSA) is 78.4 Å². The molecule has 3 fully saturated rings. The monoisotopic (exact) mass is 423 g/mol. The van der Waals surface area contributed by atoms with Gasteiger partial charge < -0.3 is 15.2 Å². The van der Waals surface area contributed by atoms with Crippen molar-refractivity contribution in [2.45, 2.75) is 38.2 Å². The summed E-state index contributed by atoms with van der Waals surface area (Å²) >= 11 is 0. The smallest absolute Gasteiger partial charge is 0.402 e. The van der Waals surface area contributed by atoms with Crippen LogP contribution in [0.25, 0.3) is 11.3 Å². The van der Waals surface area contributed by atoms with Crippen LogP contribution in [0.3, 0.4) is 0 Å². The zero-order valence-electron chi connectivity index (χ0n) is 16.8. The van der Waals surface area contributed by atoms with E-state index in [4.69, 9.17) is 10.5 Å². The number of piperidine rings is 1. The Hall–Kier alpha value is -2.33. The molecule has 2 aliphatic heterocycles. The molecule has 2 N–H and O–H groups in total. The SMILES string of the molecule is CC(C)n1nc(-c2cnc(N)c(OC(F)(F)F)c2)cc1C1C2CN(C3COC3)CC21. The zero-order valence-corrected chi connectivity index (χ0v) is 16.8. The summed E-state index contributed by atoms with van der Waals surface area (Å²) in [5.41, 5.74) is 7.71. The number of pyridine rings is 1. The average molecular weight is 423 g/mol. The van der Waals surface area contributed by atoms with E-state index in [1.54, 1.807) is 0 Å². The lowest BCUT2D eigenvalue weighted by molar-refractivity contribution is -0.274. The first kappa shape index (κ1) is 19.6. The molecule has 2 saturated heterocycles. The summed E-state index contributed by atoms with van der Waals surface area (Å²) in [5.74, 6) is 0.805. The van der Waals surface area contributed by atoms with Crippen LogP contribution in [-0.2, 0) is 4.74 Å². The Morgan fingerprint density at radius 1 is 1.20 bits per heavy atom. The number of hydrogen-bond donors (Lipinski definition) is 1. The molecule has 2 unspecified atom stereocenters. The lowest BCUT2D eigenvalue weighted by Crippen LogP contribution is -2.48. The number of anilines is 1. The molecular formula is C20H24F3N5O2. The lowest BCUT2D eigenvalue weighted by atomic mass is 10.1. The van der Waals surface area contributed by atoms with E-state index in [1.807, 2.05) is 10.7 Å². The minimum atomic E-state index is -4.83. The van der Waals surface area contributed by atoms with E-state index in [0.717, 1.165) is 32.0 Å². The van der Waals surface area contributed by atoms with Crippen LogP contribution in [0.1, 0.15) is 31.5 Å². The molecule has 0 aromatic carbocycles. The van der Waals surface area contributed by atoms with Gasteiger partial charge in [-0.25, -0.2) is 4.98 Å². The van der Waals surface area contributed by atoms with Crippen molar-refractivity contribution in [3.63, 3.8) is 0 Å². The number of fused-ring (bicyclic) bond motifs is 1. The van der Waals surface area contributed by atoms with Crippen molar-refractivity contribution < 1.29 is 22.6 Å². The summed E-state index contributed by atoms with van der Waals surface area (Å²) in [6.45, 7) is 7.88. The molecule has 1 aliphatic carbocycles. The molecule has 2 atom stereocenters. The Balaban J connectivity index is 1.40. The molecule has 7 nitrogen and oxygen atoms in total. The number of rotatable bonds is 5. The van der Waals surface area contributed by atoms with Gasteiger partial charge in [0.15, 0.2) is 11.6 Å². The van der Waals surface area contributed by atoms with Crippen LogP contribution in [-0.4, -0.2) is 58.4 Å². The van der Waals surface area contributed by atoms with Crippen LogP contribution < -0.4 is 10.5 Å². The fourth-order valence-electron chi connectivity index (χ4n) is 4.74. The van der Waals surface area contributed by atoms with Crippen molar-refractivity contribution in [2.75, 3.05) is 32.0 Å². The van der Waals surface area contributed by atoms with E-state index >= 15 is 0 Å². The molecule has 30 heavy (non-hydrogen) atoms. The maximum Gasteiger partial charge on any atom is 0.573 e. The third-order valence-electron chi connectivity index (χ3n) is 6.36. The van der Waals surface area contributed by atoms with E-state index in [2.05, 4.69) is 33.6 Å². The summed E-state index contributed by atoms with van der Waals surface area (Å²) in [6, 6.07) is 3.92. The van der Waals surface area contributed by atoms with Crippen LogP contribution in [0.2, 0.25) is 0 Å². The van der Waals surface area contributed by atoms with Gasteiger partial charge in [0.25, 0.3) is 0 Å². The van der Waals surface area contributed by atoms with Crippen LogP contribution in [0.5, 0.6) is 5.75 Å². The van der Waals surface area contributed by atoms with Crippen molar-refractivity contribution in [1.82, 2.24) is 19.7 Å². The van der Waals surface area contributed by atoms with Crippen LogP contribution >= 0.6 is 0 Å². The summed E-state index contributed by atoms with van der Waals surface area (Å²) in [4.78, 5) is 6.38. The molecule has 0 radical (unpaired) electrons. The Morgan fingerprint density at radius 2 is 1.90 bits per heavy atom. The number of nitrogens with zero attached hydrogens (tertiary/aromatic N) is 4. The number of nitrogens with two attached hydrogens (primary N) is 1. The molecule has 0 amide bonds. The van der Waals surface area contributed by atoms with Crippen LogP contribution in [0, 0.1) is 11.8 Å². The summed E-state index contributed by atoms with van der Waals surface area (Å²) in [5, 5.41) is 4.68. The van der Waals surface area contributed by atoms with E-state index < -0.39 is 12.1 Å². The molecule has 10 heteroatoms. The number of ether oxygens (including phenoxy) is 2. The van der Waals surface area contributed by atoms with Crippen molar-refractivity contribution in [3.8, 4) is 17.0 Å². The molecular weight excluding hydrogens is 399 g/mol. The highest BCUT2D eigenvalue weighted by molar-refractivity contribution is 5.64. The van der Waals surface area contributed by atoms with E-state index in [1.165, 1.54) is 12.3 Å². The standard InChI is InChI=1S/C20H24F3N5O2/c1-10(2)28-16(18-13-6-27(7-14(13)18)12-8-29-9-12)4-15(26-28)11-3-17(19(24)25-5-11)30-20(21,22)23/h3-5,10,12-14,18H,6-9H2,1-2H3,(H2,24,25). The molecule has 4 heterocycles. The number of nitrogen functional groups attached to an aromatic ring is 1. The van der Waals surface area contributed by atoms with E-state index in [-0.39, 0.29) is 11.9 Å². The first-order chi connectivity index (χ1) is 14.2. The number of halogens is 3. The fraction of sp³-hybridized carbons (Fsp3) is 0.600. The highest BCUT2D eigenvalue weighted by atomic mass is 19.4. The first-order valence-electron chi connectivity index (χ1n) is 10.1. The Morgan fingerprint density at radius 3 is 2.47 bits per heavy atom. The molecule has 0 bridgehead atoms. The fourth-order valence-corrected chi connectivity index (χ4v) is 4.74. The van der Waals surface area contributed by atoms with Crippen molar-refractivity contribution >= 4 is 5.82 Å². The molecule has 0 spiro atoms. The summed E-state index contributed by atoms with van der Waals surface area (Å²) in [6.07, 6.45) is -3.40.